The lowest BCUT2D eigenvalue weighted by Crippen LogP contribution is -2.33. The molecule has 0 spiro atoms. The lowest BCUT2D eigenvalue weighted by molar-refractivity contribution is 0.107. The monoisotopic (exact) mass is 312 g/mol. The van der Waals surface area contributed by atoms with Gasteiger partial charge < -0.3 is 4.74 Å². The van der Waals surface area contributed by atoms with Crippen LogP contribution in [0.5, 0.6) is 0 Å². The Hall–Kier alpha value is -1.49. The third-order valence-corrected chi connectivity index (χ3v) is 5.09. The Balaban J connectivity index is 1.98. The van der Waals surface area contributed by atoms with Gasteiger partial charge >= 0.3 is 0 Å². The van der Waals surface area contributed by atoms with Crippen molar-refractivity contribution in [2.24, 2.45) is 5.41 Å². The topological polar surface area (TPSA) is 79.2 Å². The van der Waals surface area contributed by atoms with E-state index in [1.807, 2.05) is 6.07 Å². The third-order valence-electron chi connectivity index (χ3n) is 3.55. The predicted octanol–water partition coefficient (Wildman–Crippen LogP) is 1.74. The van der Waals surface area contributed by atoms with Gasteiger partial charge in [0.1, 0.15) is 5.82 Å². The molecule has 1 aliphatic rings. The molecule has 1 atom stereocenters. The van der Waals surface area contributed by atoms with Crippen LogP contribution >= 0.6 is 0 Å². The van der Waals surface area contributed by atoms with Gasteiger partial charge in [0.15, 0.2) is 0 Å². The fraction of sp³-hybridized carbons (Fsp3) is 0.500. The van der Waals surface area contributed by atoms with E-state index in [4.69, 9.17) is 10.00 Å². The summed E-state index contributed by atoms with van der Waals surface area (Å²) in [6.45, 7) is 0.00377. The average Bonchev–Trinajstić information content (AvgIpc) is 3.19. The minimum atomic E-state index is -3.56. The normalized spacial score (nSPS) is 18.0. The van der Waals surface area contributed by atoms with Gasteiger partial charge in [0.25, 0.3) is 0 Å². The van der Waals surface area contributed by atoms with Crippen LogP contribution in [-0.2, 0) is 14.8 Å². The SMILES string of the molecule is COC(CNS(=O)(=O)CC1(C#N)CC1)c1cccc(F)c1. The number of methoxy groups -OCH3 is 1. The van der Waals surface area contributed by atoms with E-state index in [1.54, 1.807) is 12.1 Å². The molecule has 0 aromatic heterocycles. The fourth-order valence-electron chi connectivity index (χ4n) is 2.10. The number of benzene rings is 1. The van der Waals surface area contributed by atoms with Crippen molar-refractivity contribution in [3.05, 3.63) is 35.6 Å². The summed E-state index contributed by atoms with van der Waals surface area (Å²) in [7, 11) is -2.13. The Labute approximate surface area is 123 Å². The van der Waals surface area contributed by atoms with Crippen molar-refractivity contribution in [2.75, 3.05) is 19.4 Å². The number of nitrogens with zero attached hydrogens (tertiary/aromatic N) is 1. The summed E-state index contributed by atoms with van der Waals surface area (Å²) in [5.41, 5.74) is -0.172. The Bertz CT molecular complexity index is 650. The summed E-state index contributed by atoms with van der Waals surface area (Å²) in [4.78, 5) is 0. The number of ether oxygens (including phenoxy) is 1. The van der Waals surface area contributed by atoms with Crippen LogP contribution in [0.4, 0.5) is 4.39 Å². The first-order chi connectivity index (χ1) is 9.90. The third kappa shape index (κ3) is 4.24. The molecule has 0 saturated heterocycles. The van der Waals surface area contributed by atoms with Crippen molar-refractivity contribution in [1.29, 1.82) is 5.26 Å². The van der Waals surface area contributed by atoms with Gasteiger partial charge in [-0.2, -0.15) is 5.26 Å². The first-order valence-corrected chi connectivity index (χ1v) is 8.22. The van der Waals surface area contributed by atoms with Crippen LogP contribution in [0.3, 0.4) is 0 Å². The Kier molecular flexibility index (Phi) is 4.61. The maximum Gasteiger partial charge on any atom is 0.213 e. The molecule has 1 aromatic carbocycles. The molecule has 1 fully saturated rings. The number of nitriles is 1. The number of rotatable bonds is 7. The number of halogens is 1. The zero-order chi connectivity index (χ0) is 15.5. The van der Waals surface area contributed by atoms with Gasteiger partial charge in [-0.15, -0.1) is 0 Å². The molecule has 1 N–H and O–H groups in total. The summed E-state index contributed by atoms with van der Waals surface area (Å²) in [6, 6.07) is 7.88. The summed E-state index contributed by atoms with van der Waals surface area (Å²) in [5.74, 6) is -0.602. The molecule has 21 heavy (non-hydrogen) atoms. The van der Waals surface area contributed by atoms with Gasteiger partial charge in [-0.25, -0.2) is 17.5 Å². The van der Waals surface area contributed by atoms with Crippen molar-refractivity contribution in [3.63, 3.8) is 0 Å². The van der Waals surface area contributed by atoms with Crippen LogP contribution in [-0.4, -0.2) is 27.8 Å². The van der Waals surface area contributed by atoms with Crippen LogP contribution in [0.2, 0.25) is 0 Å². The van der Waals surface area contributed by atoms with Crippen molar-refractivity contribution >= 4 is 10.0 Å². The van der Waals surface area contributed by atoms with Gasteiger partial charge in [-0.1, -0.05) is 12.1 Å². The number of hydrogen-bond acceptors (Lipinski definition) is 4. The molecular weight excluding hydrogens is 295 g/mol. The molecule has 114 valence electrons. The minimum Gasteiger partial charge on any atom is -0.375 e. The van der Waals surface area contributed by atoms with E-state index in [-0.39, 0.29) is 12.3 Å². The van der Waals surface area contributed by atoms with E-state index >= 15 is 0 Å². The minimum absolute atomic E-state index is 0.00377. The van der Waals surface area contributed by atoms with Crippen molar-refractivity contribution in [1.82, 2.24) is 4.72 Å². The highest BCUT2D eigenvalue weighted by molar-refractivity contribution is 7.89. The molecule has 0 radical (unpaired) electrons. The van der Waals surface area contributed by atoms with Crippen molar-refractivity contribution < 1.29 is 17.5 Å². The molecule has 1 saturated carbocycles. The van der Waals surface area contributed by atoms with E-state index < -0.39 is 27.4 Å². The molecule has 0 bridgehead atoms. The molecule has 1 aromatic rings. The van der Waals surface area contributed by atoms with Gasteiger partial charge in [0, 0.05) is 13.7 Å². The second kappa shape index (κ2) is 6.10. The maximum atomic E-state index is 13.2. The number of hydrogen-bond donors (Lipinski definition) is 1. The maximum absolute atomic E-state index is 13.2. The van der Waals surface area contributed by atoms with Crippen molar-refractivity contribution in [3.8, 4) is 6.07 Å². The zero-order valence-electron chi connectivity index (χ0n) is 11.7. The highest BCUT2D eigenvalue weighted by Gasteiger charge is 2.46. The Morgan fingerprint density at radius 1 is 1.52 bits per heavy atom. The molecule has 0 heterocycles. The summed E-state index contributed by atoms with van der Waals surface area (Å²) >= 11 is 0. The Morgan fingerprint density at radius 3 is 2.76 bits per heavy atom. The fourth-order valence-corrected chi connectivity index (χ4v) is 3.69. The van der Waals surface area contributed by atoms with Crippen molar-refractivity contribution in [2.45, 2.75) is 18.9 Å². The number of sulfonamides is 1. The molecule has 7 heteroatoms. The summed E-state index contributed by atoms with van der Waals surface area (Å²) in [6.07, 6.45) is 0.650. The molecule has 1 unspecified atom stereocenters. The smallest absolute Gasteiger partial charge is 0.213 e. The lowest BCUT2D eigenvalue weighted by Gasteiger charge is -2.17. The summed E-state index contributed by atoms with van der Waals surface area (Å²) < 4.78 is 44.8. The van der Waals surface area contributed by atoms with Gasteiger partial charge in [0.2, 0.25) is 10.0 Å². The van der Waals surface area contributed by atoms with E-state index in [0.717, 1.165) is 0 Å². The first-order valence-electron chi connectivity index (χ1n) is 6.57. The molecular formula is C14H17FN2O3S. The quantitative estimate of drug-likeness (QED) is 0.831. The van der Waals surface area contributed by atoms with E-state index in [2.05, 4.69) is 4.72 Å². The number of nitrogens with one attached hydrogen (secondary N) is 1. The average molecular weight is 312 g/mol. The highest BCUT2D eigenvalue weighted by Crippen LogP contribution is 2.45. The molecule has 2 rings (SSSR count). The van der Waals surface area contributed by atoms with Crippen LogP contribution in [0, 0.1) is 22.6 Å². The van der Waals surface area contributed by atoms with E-state index in [9.17, 15) is 12.8 Å². The second-order valence-electron chi connectivity index (χ2n) is 5.28. The lowest BCUT2D eigenvalue weighted by atomic mass is 10.1. The highest BCUT2D eigenvalue weighted by atomic mass is 32.2. The van der Waals surface area contributed by atoms with Crippen LogP contribution in [0.25, 0.3) is 0 Å². The molecule has 1 aliphatic carbocycles. The van der Waals surface area contributed by atoms with Crippen LogP contribution in [0.15, 0.2) is 24.3 Å². The summed E-state index contributed by atoms with van der Waals surface area (Å²) in [5, 5.41) is 8.94. The van der Waals surface area contributed by atoms with E-state index in [0.29, 0.717) is 18.4 Å². The largest absolute Gasteiger partial charge is 0.375 e. The second-order valence-corrected chi connectivity index (χ2v) is 7.09. The van der Waals surface area contributed by atoms with Gasteiger partial charge in [-0.3, -0.25) is 0 Å². The first kappa shape index (κ1) is 15.9. The predicted molar refractivity (Wildman–Crippen MR) is 75.2 cm³/mol. The van der Waals surface area contributed by atoms with E-state index in [1.165, 1.54) is 19.2 Å². The standard InChI is InChI=1S/C14H17FN2O3S/c1-20-13(11-3-2-4-12(15)7-11)8-17-21(18,19)10-14(9-16)5-6-14/h2-4,7,13,17H,5-6,8,10H2,1H3. The van der Waals surface area contributed by atoms with Gasteiger partial charge in [-0.05, 0) is 30.5 Å². The molecule has 0 amide bonds. The Morgan fingerprint density at radius 2 is 2.24 bits per heavy atom. The van der Waals surface area contributed by atoms with Crippen LogP contribution < -0.4 is 4.72 Å². The van der Waals surface area contributed by atoms with Crippen LogP contribution in [0.1, 0.15) is 24.5 Å². The van der Waals surface area contributed by atoms with Gasteiger partial charge in [0.05, 0.1) is 23.3 Å². The molecule has 0 aliphatic heterocycles. The zero-order valence-corrected chi connectivity index (χ0v) is 12.5. The molecule has 5 nitrogen and oxygen atoms in total.